The number of fused-ring (bicyclic) bond motifs is 2. The summed E-state index contributed by atoms with van der Waals surface area (Å²) in [7, 11) is -2.21. The molecule has 26 heavy (non-hydrogen) atoms. The second kappa shape index (κ2) is 5.93. The topological polar surface area (TPSA) is 103 Å². The average molecular weight is 371 g/mol. The molecular formula is C18H17N3O4S. The van der Waals surface area contributed by atoms with Crippen LogP contribution < -0.4 is 11.2 Å². The number of aromatic amines is 2. The van der Waals surface area contributed by atoms with Gasteiger partial charge in [0.25, 0.3) is 5.56 Å². The Morgan fingerprint density at radius 3 is 2.31 bits per heavy atom. The molecule has 1 aromatic heterocycles. The van der Waals surface area contributed by atoms with Crippen LogP contribution in [0, 0.1) is 0 Å². The number of sulfonamides is 1. The van der Waals surface area contributed by atoms with Crippen LogP contribution in [0.1, 0.15) is 11.1 Å². The van der Waals surface area contributed by atoms with Gasteiger partial charge in [0.05, 0.1) is 15.8 Å². The summed E-state index contributed by atoms with van der Waals surface area (Å²) in [5.41, 5.74) is 1.38. The van der Waals surface area contributed by atoms with E-state index in [1.807, 2.05) is 24.3 Å². The van der Waals surface area contributed by atoms with Crippen LogP contribution in [-0.4, -0.2) is 35.8 Å². The summed E-state index contributed by atoms with van der Waals surface area (Å²) in [5.74, 6) is 0. The van der Waals surface area contributed by atoms with E-state index >= 15 is 0 Å². The quantitative estimate of drug-likeness (QED) is 0.717. The standard InChI is InChI=1S/C18H17N3O4S/c1-21(13-8-11-4-2-3-5-12(11)9-13)26(24,25)14-6-7-16-15(10-14)17(22)20-18(23)19-16/h2-7,10,13H,8-9H2,1H3,(H2,19,20,22,23). The van der Waals surface area contributed by atoms with Gasteiger partial charge < -0.3 is 4.98 Å². The molecule has 1 aliphatic carbocycles. The normalized spacial score (nSPS) is 14.8. The summed E-state index contributed by atoms with van der Waals surface area (Å²) in [6, 6.07) is 11.9. The zero-order chi connectivity index (χ0) is 18.5. The molecule has 0 spiro atoms. The summed E-state index contributed by atoms with van der Waals surface area (Å²) in [4.78, 5) is 27.9. The second-order valence-electron chi connectivity index (χ2n) is 6.47. The van der Waals surface area contributed by atoms with Crippen molar-refractivity contribution in [3.63, 3.8) is 0 Å². The molecule has 134 valence electrons. The van der Waals surface area contributed by atoms with Crippen molar-refractivity contribution in [3.8, 4) is 0 Å². The highest BCUT2D eigenvalue weighted by Crippen LogP contribution is 2.28. The van der Waals surface area contributed by atoms with Crippen molar-refractivity contribution in [2.24, 2.45) is 0 Å². The summed E-state index contributed by atoms with van der Waals surface area (Å²) in [6.07, 6.45) is 1.32. The van der Waals surface area contributed by atoms with Crippen LogP contribution in [0.5, 0.6) is 0 Å². The van der Waals surface area contributed by atoms with Crippen molar-refractivity contribution in [2.75, 3.05) is 7.05 Å². The van der Waals surface area contributed by atoms with Crippen LogP contribution in [0.3, 0.4) is 0 Å². The number of H-pyrrole nitrogens is 2. The maximum absolute atomic E-state index is 13.0. The van der Waals surface area contributed by atoms with Gasteiger partial charge in [0.1, 0.15) is 0 Å². The lowest BCUT2D eigenvalue weighted by molar-refractivity contribution is 0.378. The first-order valence-corrected chi connectivity index (χ1v) is 9.61. The summed E-state index contributed by atoms with van der Waals surface area (Å²) < 4.78 is 27.4. The maximum atomic E-state index is 13.0. The molecule has 3 aromatic rings. The van der Waals surface area contributed by atoms with Crippen LogP contribution in [-0.2, 0) is 22.9 Å². The Bertz CT molecular complexity index is 1200. The molecule has 1 aliphatic rings. The Labute approximate surface area is 149 Å². The van der Waals surface area contributed by atoms with Crippen LogP contribution in [0.25, 0.3) is 10.9 Å². The molecule has 0 saturated carbocycles. The molecule has 2 N–H and O–H groups in total. The molecule has 1 heterocycles. The molecule has 0 bridgehead atoms. The molecule has 0 amide bonds. The number of nitrogens with zero attached hydrogens (tertiary/aromatic N) is 1. The highest BCUT2D eigenvalue weighted by Gasteiger charge is 2.32. The summed E-state index contributed by atoms with van der Waals surface area (Å²) >= 11 is 0. The Morgan fingerprint density at radius 2 is 1.65 bits per heavy atom. The van der Waals surface area contributed by atoms with Gasteiger partial charge in [-0.3, -0.25) is 9.78 Å². The molecule has 2 aromatic carbocycles. The van der Waals surface area contributed by atoms with Gasteiger partial charge in [-0.15, -0.1) is 0 Å². The lowest BCUT2D eigenvalue weighted by atomic mass is 10.1. The molecule has 7 nitrogen and oxygen atoms in total. The largest absolute Gasteiger partial charge is 0.326 e. The Balaban J connectivity index is 1.72. The van der Waals surface area contributed by atoms with E-state index in [0.717, 1.165) is 11.1 Å². The van der Waals surface area contributed by atoms with Gasteiger partial charge in [0.2, 0.25) is 10.0 Å². The van der Waals surface area contributed by atoms with E-state index in [-0.39, 0.29) is 16.3 Å². The fourth-order valence-corrected chi connectivity index (χ4v) is 4.84. The third-order valence-corrected chi connectivity index (χ3v) is 6.84. The van der Waals surface area contributed by atoms with E-state index in [4.69, 9.17) is 0 Å². The molecule has 0 atom stereocenters. The van der Waals surface area contributed by atoms with Crippen molar-refractivity contribution >= 4 is 20.9 Å². The fraction of sp³-hybridized carbons (Fsp3) is 0.222. The van der Waals surface area contributed by atoms with Crippen molar-refractivity contribution in [1.29, 1.82) is 0 Å². The predicted molar refractivity (Wildman–Crippen MR) is 97.8 cm³/mol. The van der Waals surface area contributed by atoms with Gasteiger partial charge in [-0.1, -0.05) is 24.3 Å². The van der Waals surface area contributed by atoms with Gasteiger partial charge >= 0.3 is 5.69 Å². The van der Waals surface area contributed by atoms with E-state index in [0.29, 0.717) is 18.4 Å². The Kier molecular flexibility index (Phi) is 3.82. The monoisotopic (exact) mass is 371 g/mol. The SMILES string of the molecule is CN(C1Cc2ccccc2C1)S(=O)(=O)c1ccc2[nH]c(=O)[nH]c(=O)c2c1. The number of likely N-dealkylation sites (N-methyl/N-ethyl adjacent to an activating group) is 1. The van der Waals surface area contributed by atoms with E-state index in [1.165, 1.54) is 22.5 Å². The molecule has 0 saturated heterocycles. The van der Waals surface area contributed by atoms with E-state index in [2.05, 4.69) is 9.97 Å². The molecule has 8 heteroatoms. The first-order valence-electron chi connectivity index (χ1n) is 8.17. The number of rotatable bonds is 3. The summed E-state index contributed by atoms with van der Waals surface area (Å²) in [6.45, 7) is 0. The van der Waals surface area contributed by atoms with Crippen LogP contribution in [0.15, 0.2) is 56.9 Å². The third-order valence-electron chi connectivity index (χ3n) is 4.93. The summed E-state index contributed by atoms with van der Waals surface area (Å²) in [5, 5.41) is 0.133. The molecular weight excluding hydrogens is 354 g/mol. The Hall–Kier alpha value is -2.71. The molecule has 4 rings (SSSR count). The number of hydrogen-bond donors (Lipinski definition) is 2. The lowest BCUT2D eigenvalue weighted by Gasteiger charge is -2.23. The van der Waals surface area contributed by atoms with Gasteiger partial charge in [-0.25, -0.2) is 13.2 Å². The van der Waals surface area contributed by atoms with Crippen LogP contribution in [0.4, 0.5) is 0 Å². The lowest BCUT2D eigenvalue weighted by Crippen LogP contribution is -2.37. The molecule has 0 unspecified atom stereocenters. The minimum Gasteiger partial charge on any atom is -0.307 e. The van der Waals surface area contributed by atoms with Crippen molar-refractivity contribution in [2.45, 2.75) is 23.8 Å². The smallest absolute Gasteiger partial charge is 0.307 e. The van der Waals surface area contributed by atoms with Gasteiger partial charge in [0, 0.05) is 13.1 Å². The molecule has 0 radical (unpaired) electrons. The highest BCUT2D eigenvalue weighted by atomic mass is 32.2. The van der Waals surface area contributed by atoms with Gasteiger partial charge in [-0.2, -0.15) is 4.31 Å². The fourth-order valence-electron chi connectivity index (χ4n) is 3.46. The zero-order valence-corrected chi connectivity index (χ0v) is 14.8. The number of benzene rings is 2. The first kappa shape index (κ1) is 16.7. The van der Waals surface area contributed by atoms with E-state index in [9.17, 15) is 18.0 Å². The third kappa shape index (κ3) is 2.67. The predicted octanol–water partition coefficient (Wildman–Crippen LogP) is 1.00. The first-order chi connectivity index (χ1) is 12.4. The molecule has 0 fully saturated rings. The number of nitrogens with one attached hydrogen (secondary N) is 2. The highest BCUT2D eigenvalue weighted by molar-refractivity contribution is 7.89. The van der Waals surface area contributed by atoms with Gasteiger partial charge in [0.15, 0.2) is 0 Å². The van der Waals surface area contributed by atoms with Crippen molar-refractivity contribution in [1.82, 2.24) is 14.3 Å². The number of aromatic nitrogens is 2. The minimum absolute atomic E-state index is 0.0287. The number of hydrogen-bond acceptors (Lipinski definition) is 4. The molecule has 0 aliphatic heterocycles. The minimum atomic E-state index is -3.77. The van der Waals surface area contributed by atoms with Crippen molar-refractivity contribution in [3.05, 3.63) is 74.4 Å². The van der Waals surface area contributed by atoms with Crippen molar-refractivity contribution < 1.29 is 8.42 Å². The average Bonchev–Trinajstić information content (AvgIpc) is 3.04. The maximum Gasteiger partial charge on any atom is 0.326 e. The van der Waals surface area contributed by atoms with E-state index < -0.39 is 21.3 Å². The van der Waals surface area contributed by atoms with E-state index in [1.54, 1.807) is 7.05 Å². The zero-order valence-electron chi connectivity index (χ0n) is 14.0. The Morgan fingerprint density at radius 1 is 1.00 bits per heavy atom. The van der Waals surface area contributed by atoms with Crippen LogP contribution in [0.2, 0.25) is 0 Å². The van der Waals surface area contributed by atoms with Gasteiger partial charge in [-0.05, 0) is 42.2 Å². The second-order valence-corrected chi connectivity index (χ2v) is 8.47. The van der Waals surface area contributed by atoms with Crippen LogP contribution >= 0.6 is 0 Å².